The maximum atomic E-state index is 8.65. The Morgan fingerprint density at radius 1 is 0.388 bits per heavy atom. The summed E-state index contributed by atoms with van der Waals surface area (Å²) in [6.07, 6.45) is 0. The second-order valence-corrected chi connectivity index (χ2v) is 12.0. The Hall–Kier alpha value is -6.65. The molecule has 2 aromatic heterocycles. The molecule has 2 heterocycles. The molecule has 0 aliphatic heterocycles. The zero-order chi connectivity index (χ0) is 36.7. The third-order valence-electron chi connectivity index (χ3n) is 9.21. The molecule has 0 amide bonds. The topological polar surface area (TPSA) is 51.8 Å². The first-order valence-corrected chi connectivity index (χ1v) is 16.0. The van der Waals surface area contributed by atoms with Crippen molar-refractivity contribution in [2.24, 2.45) is 0 Å². The van der Waals surface area contributed by atoms with Gasteiger partial charge in [-0.2, -0.15) is 0 Å². The maximum absolute atomic E-state index is 8.65. The molecule has 49 heavy (non-hydrogen) atoms. The molecular formula is C45H27N3O. The van der Waals surface area contributed by atoms with Gasteiger partial charge in [0.25, 0.3) is 0 Å². The standard InChI is InChI=1S/C45H27N3O/c1-3-12-28(13-4-1)43-46-44(29-14-5-2-6-15-29)48-45(47-43)38-21-11-20-37-40-27-31(23-25-41(40)49-42(37)38)30-22-24-36-34-18-8-7-16-32(34)33-17-9-10-19-35(33)39(36)26-30/h1-27H/i1D,3D,4D,12D,13D. The second-order valence-electron chi connectivity index (χ2n) is 12.0. The van der Waals surface area contributed by atoms with Crippen LogP contribution in [0.1, 0.15) is 6.85 Å². The van der Waals surface area contributed by atoms with Crippen LogP contribution in [0.4, 0.5) is 0 Å². The number of para-hydroxylation sites is 1. The van der Waals surface area contributed by atoms with Gasteiger partial charge in [-0.3, -0.25) is 0 Å². The fraction of sp³-hybridized carbons (Fsp3) is 0. The lowest BCUT2D eigenvalue weighted by molar-refractivity contribution is 0.669. The number of rotatable bonds is 4. The van der Waals surface area contributed by atoms with Gasteiger partial charge in [-0.15, -0.1) is 0 Å². The minimum Gasteiger partial charge on any atom is -0.455 e. The largest absolute Gasteiger partial charge is 0.455 e. The number of furan rings is 1. The highest BCUT2D eigenvalue weighted by Crippen LogP contribution is 2.40. The molecule has 10 rings (SSSR count). The van der Waals surface area contributed by atoms with Gasteiger partial charge in [-0.25, -0.2) is 15.0 Å². The minimum absolute atomic E-state index is 0.0251. The summed E-state index contributed by atoms with van der Waals surface area (Å²) in [7, 11) is 0. The summed E-state index contributed by atoms with van der Waals surface area (Å²) in [5.41, 5.74) is 4.57. The fourth-order valence-electron chi connectivity index (χ4n) is 6.93. The van der Waals surface area contributed by atoms with E-state index in [2.05, 4.69) is 83.8 Å². The summed E-state index contributed by atoms with van der Waals surface area (Å²) >= 11 is 0. The molecule has 0 unspecified atom stereocenters. The van der Waals surface area contributed by atoms with Crippen molar-refractivity contribution in [2.75, 3.05) is 0 Å². The van der Waals surface area contributed by atoms with Crippen LogP contribution in [-0.4, -0.2) is 15.0 Å². The Labute approximate surface area is 289 Å². The fourth-order valence-corrected chi connectivity index (χ4v) is 6.93. The third kappa shape index (κ3) is 4.49. The summed E-state index contributed by atoms with van der Waals surface area (Å²) in [5.74, 6) is 0.529. The van der Waals surface area contributed by atoms with Gasteiger partial charge in [0.1, 0.15) is 11.2 Å². The van der Waals surface area contributed by atoms with Crippen molar-refractivity contribution in [3.05, 3.63) is 164 Å². The normalized spacial score (nSPS) is 13.1. The molecule has 0 saturated carbocycles. The summed E-state index contributed by atoms with van der Waals surface area (Å²) in [5, 5.41) is 9.11. The Bertz CT molecular complexity index is 3120. The molecule has 0 bridgehead atoms. The molecule has 0 spiro atoms. The molecule has 8 aromatic carbocycles. The van der Waals surface area contributed by atoms with Gasteiger partial charge in [-0.1, -0.05) is 139 Å². The van der Waals surface area contributed by atoms with Crippen molar-refractivity contribution in [2.45, 2.75) is 0 Å². The van der Waals surface area contributed by atoms with Crippen LogP contribution >= 0.6 is 0 Å². The Kier molecular flexibility index (Phi) is 5.10. The van der Waals surface area contributed by atoms with Crippen LogP contribution in [0.15, 0.2) is 168 Å². The first-order chi connectivity index (χ1) is 26.4. The number of hydrogen-bond donors (Lipinski definition) is 0. The van der Waals surface area contributed by atoms with Gasteiger partial charge in [0.05, 0.1) is 12.4 Å². The Balaban J connectivity index is 1.16. The molecule has 0 aliphatic carbocycles. The molecule has 0 atom stereocenters. The van der Waals surface area contributed by atoms with Gasteiger partial charge < -0.3 is 4.42 Å². The summed E-state index contributed by atoms with van der Waals surface area (Å²) in [4.78, 5) is 14.2. The SMILES string of the molecule is [2H]c1c([2H])c([2H])c(-c2nc(-c3ccccc3)nc(-c3cccc4c3oc3ccc(-c5ccc6c7ccccc7c7ccccc7c6c5)cc34)n2)c([2H])c1[2H]. The van der Waals surface area contributed by atoms with Crippen LogP contribution < -0.4 is 0 Å². The Morgan fingerprint density at radius 2 is 0.939 bits per heavy atom. The predicted molar refractivity (Wildman–Crippen MR) is 201 cm³/mol. The molecular weight excluding hydrogens is 599 g/mol. The number of hydrogen-bond acceptors (Lipinski definition) is 4. The number of nitrogens with zero attached hydrogens (tertiary/aromatic N) is 3. The van der Waals surface area contributed by atoms with Gasteiger partial charge in [-0.05, 0) is 67.7 Å². The molecule has 4 heteroatoms. The van der Waals surface area contributed by atoms with Crippen LogP contribution in [0, 0.1) is 0 Å². The quantitative estimate of drug-likeness (QED) is 0.182. The molecule has 10 aromatic rings. The zero-order valence-electron chi connectivity index (χ0n) is 31.0. The van der Waals surface area contributed by atoms with E-state index in [0.29, 0.717) is 28.1 Å². The molecule has 0 saturated heterocycles. The molecule has 0 aliphatic rings. The van der Waals surface area contributed by atoms with E-state index in [-0.39, 0.29) is 29.3 Å². The van der Waals surface area contributed by atoms with Gasteiger partial charge >= 0.3 is 0 Å². The zero-order valence-corrected chi connectivity index (χ0v) is 26.0. The summed E-state index contributed by atoms with van der Waals surface area (Å²) in [6, 6.07) is 42.9. The molecule has 0 N–H and O–H groups in total. The van der Waals surface area contributed by atoms with Crippen LogP contribution in [-0.2, 0) is 0 Å². The van der Waals surface area contributed by atoms with Crippen molar-refractivity contribution in [1.29, 1.82) is 0 Å². The van der Waals surface area contributed by atoms with Gasteiger partial charge in [0, 0.05) is 21.9 Å². The van der Waals surface area contributed by atoms with Crippen LogP contribution in [0.25, 0.3) is 99.5 Å². The van der Waals surface area contributed by atoms with E-state index >= 15 is 0 Å². The molecule has 0 radical (unpaired) electrons. The van der Waals surface area contributed by atoms with Crippen molar-refractivity contribution in [3.8, 4) is 45.3 Å². The van der Waals surface area contributed by atoms with E-state index in [1.807, 2.05) is 54.6 Å². The maximum Gasteiger partial charge on any atom is 0.167 e. The lowest BCUT2D eigenvalue weighted by Crippen LogP contribution is -2.00. The Morgan fingerprint density at radius 3 is 1.65 bits per heavy atom. The van der Waals surface area contributed by atoms with Crippen molar-refractivity contribution in [1.82, 2.24) is 15.0 Å². The van der Waals surface area contributed by atoms with Crippen LogP contribution in [0.3, 0.4) is 0 Å². The lowest BCUT2D eigenvalue weighted by atomic mass is 9.92. The van der Waals surface area contributed by atoms with Gasteiger partial charge in [0.2, 0.25) is 0 Å². The van der Waals surface area contributed by atoms with Gasteiger partial charge in [0.15, 0.2) is 17.5 Å². The highest BCUT2D eigenvalue weighted by molar-refractivity contribution is 6.25. The monoisotopic (exact) mass is 630 g/mol. The molecule has 0 fully saturated rings. The first kappa shape index (κ1) is 22.8. The van der Waals surface area contributed by atoms with E-state index < -0.39 is 18.1 Å². The third-order valence-corrected chi connectivity index (χ3v) is 9.21. The van der Waals surface area contributed by atoms with Crippen LogP contribution in [0.5, 0.6) is 0 Å². The van der Waals surface area contributed by atoms with Crippen molar-refractivity contribution in [3.63, 3.8) is 0 Å². The number of benzene rings is 8. The number of fused-ring (bicyclic) bond motifs is 9. The summed E-state index contributed by atoms with van der Waals surface area (Å²) < 4.78 is 48.5. The smallest absolute Gasteiger partial charge is 0.167 e. The lowest BCUT2D eigenvalue weighted by Gasteiger charge is -2.12. The molecule has 228 valence electrons. The average molecular weight is 631 g/mol. The highest BCUT2D eigenvalue weighted by atomic mass is 16.3. The highest BCUT2D eigenvalue weighted by Gasteiger charge is 2.18. The van der Waals surface area contributed by atoms with E-state index in [1.54, 1.807) is 0 Å². The second kappa shape index (κ2) is 11.0. The predicted octanol–water partition coefficient (Wildman–Crippen LogP) is 11.9. The van der Waals surface area contributed by atoms with E-state index in [4.69, 9.17) is 21.2 Å². The van der Waals surface area contributed by atoms with E-state index in [9.17, 15) is 0 Å². The van der Waals surface area contributed by atoms with Crippen molar-refractivity contribution >= 4 is 54.3 Å². The number of aromatic nitrogens is 3. The first-order valence-electron chi connectivity index (χ1n) is 18.5. The minimum atomic E-state index is -0.483. The van der Waals surface area contributed by atoms with Crippen molar-refractivity contribution < 1.29 is 11.3 Å². The average Bonchev–Trinajstić information content (AvgIpc) is 3.61. The molecule has 4 nitrogen and oxygen atoms in total. The van der Waals surface area contributed by atoms with E-state index in [1.165, 1.54) is 32.3 Å². The summed E-state index contributed by atoms with van der Waals surface area (Å²) in [6.45, 7) is 0. The van der Waals surface area contributed by atoms with E-state index in [0.717, 1.165) is 21.9 Å². The van der Waals surface area contributed by atoms with Crippen LogP contribution in [0.2, 0.25) is 0 Å².